The van der Waals surface area contributed by atoms with Crippen LogP contribution in [-0.2, 0) is 32.5 Å². The van der Waals surface area contributed by atoms with Gasteiger partial charge in [0.05, 0.1) is 0 Å². The van der Waals surface area contributed by atoms with Crippen LogP contribution in [0.4, 0.5) is 34.1 Å². The Morgan fingerprint density at radius 2 is 0.823 bits per heavy atom. The van der Waals surface area contributed by atoms with E-state index in [-0.39, 0.29) is 39.2 Å². The van der Waals surface area contributed by atoms with Gasteiger partial charge in [-0.3, -0.25) is 0 Å². The third-order valence-electron chi connectivity index (χ3n) is 20.7. The number of nitrogens with zero attached hydrogens (tertiary/aromatic N) is 2. The van der Waals surface area contributed by atoms with Crippen LogP contribution in [-0.4, -0.2) is 6.71 Å². The highest BCUT2D eigenvalue weighted by Crippen LogP contribution is 2.57. The maximum absolute atomic E-state index is 2.71. The largest absolute Gasteiger partial charge is 0.311 e. The predicted molar refractivity (Wildman–Crippen MR) is 340 cm³/mol. The van der Waals surface area contributed by atoms with Crippen molar-refractivity contribution >= 4 is 88.7 Å². The minimum atomic E-state index is -0.247. The Labute approximate surface area is 473 Å². The zero-order chi connectivity index (χ0) is 54.7. The van der Waals surface area contributed by atoms with Crippen molar-refractivity contribution in [1.29, 1.82) is 0 Å². The summed E-state index contributed by atoms with van der Waals surface area (Å²) in [6, 6.07) is 67.1. The molecule has 0 spiro atoms. The van der Waals surface area contributed by atoms with Gasteiger partial charge in [0.15, 0.2) is 0 Å². The summed E-state index contributed by atoms with van der Waals surface area (Å²) in [4.78, 5) is 5.37. The van der Waals surface area contributed by atoms with Crippen molar-refractivity contribution in [2.24, 2.45) is 0 Å². The Bertz CT molecular complexity index is 4290. The highest BCUT2D eigenvalue weighted by atomic mass is 32.1. The van der Waals surface area contributed by atoms with Crippen molar-refractivity contribution in [1.82, 2.24) is 0 Å². The summed E-state index contributed by atoms with van der Waals surface area (Å²) in [7, 11) is 0. The lowest BCUT2D eigenvalue weighted by atomic mass is 9.33. The van der Waals surface area contributed by atoms with Crippen LogP contribution < -0.4 is 26.2 Å². The lowest BCUT2D eigenvalue weighted by Crippen LogP contribution is -2.62. The SMILES string of the molecule is Cc1ccccc1N1c2cc3c(cc2B2c4cc5c(cc4N(c4ccc6c(c4)C(C)(C)c4ccccc4C6(C)C)c4cc(-c6ccccc6)cc1c42)C(C)(C)c1ccccc1C5(C)C)sc1cc2c(cc13)C(C)(C)CCC2(C)C. The van der Waals surface area contributed by atoms with Gasteiger partial charge in [-0.15, -0.1) is 11.3 Å². The Morgan fingerprint density at radius 1 is 0.354 bits per heavy atom. The molecule has 0 saturated heterocycles. The van der Waals surface area contributed by atoms with Gasteiger partial charge in [-0.2, -0.15) is 0 Å². The molecule has 3 heterocycles. The fourth-order valence-electron chi connectivity index (χ4n) is 16.0. The van der Waals surface area contributed by atoms with E-state index in [2.05, 4.69) is 270 Å². The highest BCUT2D eigenvalue weighted by molar-refractivity contribution is 7.26. The molecular formula is C75H71BN2S. The first-order valence-electron chi connectivity index (χ1n) is 29.1. The van der Waals surface area contributed by atoms with E-state index >= 15 is 0 Å². The summed E-state index contributed by atoms with van der Waals surface area (Å²) in [5, 5.41) is 2.74. The molecule has 0 bridgehead atoms. The summed E-state index contributed by atoms with van der Waals surface area (Å²) < 4.78 is 2.75. The van der Waals surface area contributed by atoms with Gasteiger partial charge in [-0.25, -0.2) is 0 Å². The van der Waals surface area contributed by atoms with E-state index in [0.717, 1.165) is 0 Å². The molecule has 0 radical (unpaired) electrons. The maximum Gasteiger partial charge on any atom is 0.252 e. The molecule has 79 heavy (non-hydrogen) atoms. The average Bonchev–Trinajstić information content (AvgIpc) is 3.20. The molecule has 0 unspecified atom stereocenters. The van der Waals surface area contributed by atoms with E-state index in [1.807, 2.05) is 11.3 Å². The fraction of sp³-hybridized carbons (Fsp3) is 0.280. The van der Waals surface area contributed by atoms with Crippen molar-refractivity contribution in [2.45, 2.75) is 135 Å². The monoisotopic (exact) mass is 1040 g/mol. The summed E-state index contributed by atoms with van der Waals surface area (Å²) in [5.74, 6) is 0. The van der Waals surface area contributed by atoms with Crippen LogP contribution in [0.5, 0.6) is 0 Å². The van der Waals surface area contributed by atoms with Crippen LogP contribution in [0.1, 0.15) is 157 Å². The molecule has 0 saturated carbocycles. The van der Waals surface area contributed by atoms with Gasteiger partial charge in [0.2, 0.25) is 0 Å². The second kappa shape index (κ2) is 16.0. The van der Waals surface area contributed by atoms with Crippen LogP contribution in [0, 0.1) is 6.92 Å². The summed E-state index contributed by atoms with van der Waals surface area (Å²) in [6.07, 6.45) is 2.39. The maximum atomic E-state index is 2.71. The van der Waals surface area contributed by atoms with Crippen molar-refractivity contribution in [3.8, 4) is 11.1 Å². The quantitative estimate of drug-likeness (QED) is 0.163. The molecule has 10 aromatic rings. The number of hydrogen-bond donors (Lipinski definition) is 0. The molecule has 5 aliphatic rings. The number of fused-ring (bicyclic) bond motifs is 12. The molecule has 0 fully saturated rings. The Hall–Kier alpha value is -7.14. The molecule has 0 amide bonds. The summed E-state index contributed by atoms with van der Waals surface area (Å²) >= 11 is 2.00. The van der Waals surface area contributed by atoms with Crippen LogP contribution in [0.25, 0.3) is 31.3 Å². The van der Waals surface area contributed by atoms with Gasteiger partial charge < -0.3 is 9.80 Å². The Kier molecular flexibility index (Phi) is 9.94. The van der Waals surface area contributed by atoms with Gasteiger partial charge in [0.25, 0.3) is 6.71 Å². The van der Waals surface area contributed by atoms with Crippen molar-refractivity contribution in [3.05, 3.63) is 231 Å². The number of aryl methyl sites for hydroxylation is 1. The highest BCUT2D eigenvalue weighted by Gasteiger charge is 2.50. The van der Waals surface area contributed by atoms with E-state index < -0.39 is 0 Å². The molecule has 2 nitrogen and oxygen atoms in total. The lowest BCUT2D eigenvalue weighted by molar-refractivity contribution is 0.332. The molecule has 9 aromatic carbocycles. The number of hydrogen-bond acceptors (Lipinski definition) is 3. The molecule has 4 heteroatoms. The van der Waals surface area contributed by atoms with E-state index in [1.54, 1.807) is 0 Å². The van der Waals surface area contributed by atoms with Crippen LogP contribution in [0.3, 0.4) is 0 Å². The van der Waals surface area contributed by atoms with E-state index in [0.29, 0.717) is 0 Å². The van der Waals surface area contributed by atoms with E-state index in [9.17, 15) is 0 Å². The lowest BCUT2D eigenvalue weighted by Gasteiger charge is -2.48. The van der Waals surface area contributed by atoms with Gasteiger partial charge in [0, 0.05) is 76.0 Å². The zero-order valence-corrected chi connectivity index (χ0v) is 49.3. The molecule has 390 valence electrons. The minimum Gasteiger partial charge on any atom is -0.311 e. The Balaban J connectivity index is 1.08. The van der Waals surface area contributed by atoms with Crippen LogP contribution >= 0.6 is 11.3 Å². The van der Waals surface area contributed by atoms with Crippen LogP contribution in [0.2, 0.25) is 0 Å². The van der Waals surface area contributed by atoms with Crippen molar-refractivity contribution in [2.75, 3.05) is 9.80 Å². The Morgan fingerprint density at radius 3 is 1.44 bits per heavy atom. The zero-order valence-electron chi connectivity index (χ0n) is 48.5. The summed E-state index contributed by atoms with van der Waals surface area (Å²) in [6.45, 7) is 31.7. The first kappa shape index (κ1) is 48.9. The molecular weight excluding hydrogens is 972 g/mol. The third-order valence-corrected chi connectivity index (χ3v) is 21.9. The van der Waals surface area contributed by atoms with Gasteiger partial charge >= 0.3 is 0 Å². The third kappa shape index (κ3) is 6.59. The minimum absolute atomic E-state index is 0.0571. The first-order chi connectivity index (χ1) is 37.6. The molecule has 15 rings (SSSR count). The molecule has 0 N–H and O–H groups in total. The smallest absolute Gasteiger partial charge is 0.252 e. The molecule has 2 aliphatic heterocycles. The second-order valence-corrected chi connectivity index (χ2v) is 28.7. The van der Waals surface area contributed by atoms with Gasteiger partial charge in [0.1, 0.15) is 0 Å². The molecule has 3 aliphatic carbocycles. The standard InChI is InChI=1S/C75H71BN2S/c1-44-23-17-22-30-62(44)78-63-39-49-48-38-55-56(71(4,5)34-33-70(55,2)3)42-67(48)79-68(49)43-61(63)76-60-40-58-59(75(12,13)53-29-21-20-28-52(53)74(58,10)11)41-64(60)77(65-35-46(36-66(78)69(65)76)45-24-15-14-16-25-45)47-31-32-54-57(37-47)73(8,9)51-27-19-18-26-50(51)72(54,6)7/h14-32,35-43H,33-34H2,1-13H3. The number of benzene rings is 9. The normalized spacial score (nSPS) is 18.6. The summed E-state index contributed by atoms with van der Waals surface area (Å²) in [5.41, 5.74) is 28.9. The first-order valence-corrected chi connectivity index (χ1v) is 29.9. The van der Waals surface area contributed by atoms with Crippen molar-refractivity contribution < 1.29 is 0 Å². The molecule has 1 aromatic heterocycles. The van der Waals surface area contributed by atoms with Crippen molar-refractivity contribution in [3.63, 3.8) is 0 Å². The number of anilines is 6. The number of para-hydroxylation sites is 1. The number of rotatable bonds is 3. The van der Waals surface area contributed by atoms with E-state index in [1.165, 1.54) is 156 Å². The topological polar surface area (TPSA) is 6.48 Å². The second-order valence-electron chi connectivity index (χ2n) is 27.6. The fourth-order valence-corrected chi connectivity index (χ4v) is 17.2. The van der Waals surface area contributed by atoms with E-state index in [4.69, 9.17) is 0 Å². The van der Waals surface area contributed by atoms with Gasteiger partial charge in [-0.05, 0) is 180 Å². The predicted octanol–water partition coefficient (Wildman–Crippen LogP) is 18.4. The van der Waals surface area contributed by atoms with Crippen LogP contribution in [0.15, 0.2) is 170 Å². The number of thiophene rings is 1. The average molecular weight is 1040 g/mol. The molecule has 0 atom stereocenters. The van der Waals surface area contributed by atoms with Gasteiger partial charge in [-0.1, -0.05) is 192 Å².